The number of hydrogen-bond donors (Lipinski definition) is 1. The zero-order valence-electron chi connectivity index (χ0n) is 11.1. The van der Waals surface area contributed by atoms with Crippen molar-refractivity contribution in [2.24, 2.45) is 0 Å². The van der Waals surface area contributed by atoms with E-state index < -0.39 is 0 Å². The van der Waals surface area contributed by atoms with E-state index in [4.69, 9.17) is 9.47 Å². The predicted molar refractivity (Wildman–Crippen MR) is 68.3 cm³/mol. The van der Waals surface area contributed by atoms with Crippen LogP contribution in [-0.4, -0.2) is 25.3 Å². The fourth-order valence-electron chi connectivity index (χ4n) is 2.15. The molecule has 1 aromatic carbocycles. The minimum Gasteiger partial charge on any atom is -0.488 e. The Morgan fingerprint density at radius 1 is 1.44 bits per heavy atom. The Bertz CT molecular complexity index is 409. The number of morpholine rings is 1. The molecule has 0 aliphatic carbocycles. The van der Waals surface area contributed by atoms with Gasteiger partial charge in [-0.15, -0.1) is 0 Å². The highest BCUT2D eigenvalue weighted by molar-refractivity contribution is 5.31. The summed E-state index contributed by atoms with van der Waals surface area (Å²) in [6.07, 6.45) is -0.127. The maximum absolute atomic E-state index is 13.9. The van der Waals surface area contributed by atoms with Crippen LogP contribution >= 0.6 is 0 Å². The molecule has 0 bridgehead atoms. The summed E-state index contributed by atoms with van der Waals surface area (Å²) in [6.45, 7) is 7.29. The molecule has 1 aromatic rings. The van der Waals surface area contributed by atoms with Gasteiger partial charge in [-0.1, -0.05) is 6.07 Å². The molecule has 0 radical (unpaired) electrons. The summed E-state index contributed by atoms with van der Waals surface area (Å²) < 4.78 is 25.0. The molecule has 1 heterocycles. The van der Waals surface area contributed by atoms with Gasteiger partial charge in [0.1, 0.15) is 0 Å². The van der Waals surface area contributed by atoms with Gasteiger partial charge in [-0.2, -0.15) is 0 Å². The van der Waals surface area contributed by atoms with Crippen LogP contribution in [0.15, 0.2) is 18.2 Å². The first-order chi connectivity index (χ1) is 8.58. The summed E-state index contributed by atoms with van der Waals surface area (Å²) >= 11 is 0. The van der Waals surface area contributed by atoms with Crippen LogP contribution in [0.3, 0.4) is 0 Å². The SMILES string of the molecule is CC(C)Oc1ccc(C2OCCNC2C)cc1F. The Balaban J connectivity index is 2.17. The Kier molecular flexibility index (Phi) is 4.19. The molecule has 0 aromatic heterocycles. The first-order valence-electron chi connectivity index (χ1n) is 6.39. The lowest BCUT2D eigenvalue weighted by molar-refractivity contribution is -0.000440. The van der Waals surface area contributed by atoms with E-state index in [2.05, 4.69) is 5.32 Å². The van der Waals surface area contributed by atoms with Gasteiger partial charge in [0.25, 0.3) is 0 Å². The number of benzene rings is 1. The molecule has 1 fully saturated rings. The van der Waals surface area contributed by atoms with Crippen molar-refractivity contribution < 1.29 is 13.9 Å². The van der Waals surface area contributed by atoms with Crippen molar-refractivity contribution in [3.63, 3.8) is 0 Å². The Morgan fingerprint density at radius 3 is 2.83 bits per heavy atom. The van der Waals surface area contributed by atoms with E-state index in [0.29, 0.717) is 12.4 Å². The van der Waals surface area contributed by atoms with E-state index in [0.717, 1.165) is 12.1 Å². The molecule has 0 amide bonds. The van der Waals surface area contributed by atoms with Gasteiger partial charge in [-0.25, -0.2) is 4.39 Å². The second-order valence-electron chi connectivity index (χ2n) is 4.89. The lowest BCUT2D eigenvalue weighted by atomic mass is 10.0. The van der Waals surface area contributed by atoms with Gasteiger partial charge in [0.15, 0.2) is 11.6 Å². The topological polar surface area (TPSA) is 30.5 Å². The van der Waals surface area contributed by atoms with Crippen LogP contribution in [0, 0.1) is 5.82 Å². The summed E-state index contributed by atoms with van der Waals surface area (Å²) in [5, 5.41) is 3.32. The lowest BCUT2D eigenvalue weighted by Gasteiger charge is -2.30. The minimum atomic E-state index is -0.331. The third-order valence-electron chi connectivity index (χ3n) is 2.97. The first-order valence-corrected chi connectivity index (χ1v) is 6.39. The maximum atomic E-state index is 13.9. The van der Waals surface area contributed by atoms with Gasteiger partial charge in [0.2, 0.25) is 0 Å². The molecule has 1 aliphatic heterocycles. The van der Waals surface area contributed by atoms with Gasteiger partial charge in [0.05, 0.1) is 18.8 Å². The van der Waals surface area contributed by atoms with Crippen LogP contribution in [0.2, 0.25) is 0 Å². The molecule has 1 N–H and O–H groups in total. The fourth-order valence-corrected chi connectivity index (χ4v) is 2.15. The van der Waals surface area contributed by atoms with E-state index in [1.54, 1.807) is 6.07 Å². The molecule has 2 atom stereocenters. The number of rotatable bonds is 3. The van der Waals surface area contributed by atoms with Crippen molar-refractivity contribution in [3.8, 4) is 5.75 Å². The van der Waals surface area contributed by atoms with Crippen molar-refractivity contribution in [2.75, 3.05) is 13.2 Å². The second kappa shape index (κ2) is 5.67. The summed E-state index contributed by atoms with van der Waals surface area (Å²) in [7, 11) is 0. The van der Waals surface area contributed by atoms with Crippen LogP contribution in [0.25, 0.3) is 0 Å². The average Bonchev–Trinajstić information content (AvgIpc) is 2.32. The molecule has 1 saturated heterocycles. The number of ether oxygens (including phenoxy) is 2. The molecule has 3 nitrogen and oxygen atoms in total. The second-order valence-corrected chi connectivity index (χ2v) is 4.89. The molecular formula is C14H20FNO2. The zero-order valence-corrected chi connectivity index (χ0v) is 11.1. The van der Waals surface area contributed by atoms with Crippen molar-refractivity contribution in [1.82, 2.24) is 5.32 Å². The van der Waals surface area contributed by atoms with E-state index in [1.807, 2.05) is 26.8 Å². The molecule has 100 valence electrons. The number of halogens is 1. The summed E-state index contributed by atoms with van der Waals surface area (Å²) in [5.74, 6) is -0.0345. The van der Waals surface area contributed by atoms with Gasteiger partial charge >= 0.3 is 0 Å². The van der Waals surface area contributed by atoms with Crippen LogP contribution in [0.1, 0.15) is 32.4 Å². The normalized spacial score (nSPS) is 24.3. The van der Waals surface area contributed by atoms with Gasteiger partial charge in [0, 0.05) is 12.6 Å². The lowest BCUT2D eigenvalue weighted by Crippen LogP contribution is -2.41. The standard InChI is InChI=1S/C14H20FNO2/c1-9(2)18-13-5-4-11(8-12(13)15)14-10(3)16-6-7-17-14/h4-5,8-10,14,16H,6-7H2,1-3H3. The maximum Gasteiger partial charge on any atom is 0.165 e. The van der Waals surface area contributed by atoms with Crippen molar-refractivity contribution in [1.29, 1.82) is 0 Å². The monoisotopic (exact) mass is 253 g/mol. The molecule has 4 heteroatoms. The molecule has 0 spiro atoms. The minimum absolute atomic E-state index is 0.0307. The van der Waals surface area contributed by atoms with Crippen molar-refractivity contribution in [2.45, 2.75) is 39.0 Å². The number of nitrogens with one attached hydrogen (secondary N) is 1. The van der Waals surface area contributed by atoms with Crippen LogP contribution in [0.4, 0.5) is 4.39 Å². The van der Waals surface area contributed by atoms with Crippen molar-refractivity contribution >= 4 is 0 Å². The third kappa shape index (κ3) is 3.00. The summed E-state index contributed by atoms with van der Waals surface area (Å²) in [4.78, 5) is 0. The molecule has 1 aliphatic rings. The smallest absolute Gasteiger partial charge is 0.165 e. The predicted octanol–water partition coefficient (Wildman–Crippen LogP) is 2.66. The quantitative estimate of drug-likeness (QED) is 0.898. The van der Waals surface area contributed by atoms with Gasteiger partial charge < -0.3 is 14.8 Å². The van der Waals surface area contributed by atoms with Crippen LogP contribution in [-0.2, 0) is 4.74 Å². The summed E-state index contributed by atoms with van der Waals surface area (Å²) in [5.41, 5.74) is 0.850. The molecule has 2 unspecified atom stereocenters. The van der Waals surface area contributed by atoms with E-state index in [-0.39, 0.29) is 24.1 Å². The van der Waals surface area contributed by atoms with Crippen molar-refractivity contribution in [3.05, 3.63) is 29.6 Å². The molecule has 0 saturated carbocycles. The van der Waals surface area contributed by atoms with Crippen LogP contribution in [0.5, 0.6) is 5.75 Å². The number of hydrogen-bond acceptors (Lipinski definition) is 3. The summed E-state index contributed by atoms with van der Waals surface area (Å²) in [6, 6.07) is 5.24. The highest BCUT2D eigenvalue weighted by Crippen LogP contribution is 2.28. The van der Waals surface area contributed by atoms with Gasteiger partial charge in [-0.05, 0) is 38.5 Å². The van der Waals surface area contributed by atoms with E-state index in [1.165, 1.54) is 6.07 Å². The molecule has 2 rings (SSSR count). The zero-order chi connectivity index (χ0) is 13.1. The Morgan fingerprint density at radius 2 is 2.22 bits per heavy atom. The Labute approximate surface area is 107 Å². The van der Waals surface area contributed by atoms with E-state index in [9.17, 15) is 4.39 Å². The van der Waals surface area contributed by atoms with E-state index >= 15 is 0 Å². The highest BCUT2D eigenvalue weighted by atomic mass is 19.1. The Hall–Kier alpha value is -1.13. The fraction of sp³-hybridized carbons (Fsp3) is 0.571. The van der Waals surface area contributed by atoms with Gasteiger partial charge in [-0.3, -0.25) is 0 Å². The first kappa shape index (κ1) is 13.3. The van der Waals surface area contributed by atoms with Crippen LogP contribution < -0.4 is 10.1 Å². The molecular weight excluding hydrogens is 233 g/mol. The third-order valence-corrected chi connectivity index (χ3v) is 2.97. The molecule has 18 heavy (non-hydrogen) atoms. The highest BCUT2D eigenvalue weighted by Gasteiger charge is 2.24. The largest absolute Gasteiger partial charge is 0.488 e. The average molecular weight is 253 g/mol.